The summed E-state index contributed by atoms with van der Waals surface area (Å²) in [6, 6.07) is 14.5. The molecule has 0 unspecified atom stereocenters. The lowest BCUT2D eigenvalue weighted by molar-refractivity contribution is -0.137. The van der Waals surface area contributed by atoms with Crippen molar-refractivity contribution in [2.24, 2.45) is 5.92 Å². The van der Waals surface area contributed by atoms with E-state index in [0.717, 1.165) is 53.9 Å². The fraction of sp³-hybridized carbons (Fsp3) is 0.585. The summed E-state index contributed by atoms with van der Waals surface area (Å²) in [5.41, 5.74) is 4.48. The zero-order chi connectivity index (χ0) is 37.1. The zero-order valence-electron chi connectivity index (χ0n) is 31.9. The molecule has 10 heteroatoms. The molecule has 0 spiro atoms. The molecule has 2 aromatic carbocycles. The largest absolute Gasteiger partial charge is 0.444 e. The van der Waals surface area contributed by atoms with Crippen LogP contribution < -0.4 is 15.1 Å². The molecule has 2 N–H and O–H groups in total. The molecule has 0 bridgehead atoms. The third-order valence-corrected chi connectivity index (χ3v) is 10.0. The Balaban J connectivity index is 1.23. The first-order valence-corrected chi connectivity index (χ1v) is 18.4. The van der Waals surface area contributed by atoms with E-state index in [4.69, 9.17) is 9.47 Å². The number of fused-ring (bicyclic) bond motifs is 1. The average Bonchev–Trinajstić information content (AvgIpc) is 3.88. The lowest BCUT2D eigenvalue weighted by atomic mass is 9.94. The standard InChI is InChI=1S/C41H58N4O6/c1-28(47)45-34-16-15-31(23-35(34)44(26-36(45)30-13-14-30)25-32-11-9-10-12-33(32)27-46)29-17-20-43(21-18-29)37(48)24-41(7,8)50-22-19-40(5,6)42-38(49)51-39(2,3)4/h9-12,15-17,23,30,36,46H,13-14,18-22,24-27H2,1-8H3,(H,42,49)/t36-/m1/s1. The highest BCUT2D eigenvalue weighted by Crippen LogP contribution is 2.45. The Morgan fingerprint density at radius 1 is 0.961 bits per heavy atom. The third-order valence-electron chi connectivity index (χ3n) is 10.0. The summed E-state index contributed by atoms with van der Waals surface area (Å²) in [6.07, 6.45) is 5.51. The molecule has 0 radical (unpaired) electrons. The van der Waals surface area contributed by atoms with Crippen molar-refractivity contribution in [1.29, 1.82) is 0 Å². The highest BCUT2D eigenvalue weighted by molar-refractivity contribution is 5.98. The van der Waals surface area contributed by atoms with Crippen LogP contribution >= 0.6 is 0 Å². The molecule has 0 saturated heterocycles. The number of aliphatic hydroxyl groups excluding tert-OH is 1. The van der Waals surface area contributed by atoms with Crippen molar-refractivity contribution in [3.63, 3.8) is 0 Å². The first-order chi connectivity index (χ1) is 23.9. The van der Waals surface area contributed by atoms with Gasteiger partial charge in [-0.05, 0) is 114 Å². The number of amides is 3. The van der Waals surface area contributed by atoms with E-state index >= 15 is 0 Å². The number of alkyl carbamates (subject to hydrolysis) is 1. The molecule has 1 fully saturated rings. The summed E-state index contributed by atoms with van der Waals surface area (Å²) in [5, 5.41) is 12.9. The number of rotatable bonds is 12. The normalized spacial score (nSPS) is 18.3. The van der Waals surface area contributed by atoms with Gasteiger partial charge in [-0.2, -0.15) is 0 Å². The number of benzene rings is 2. The highest BCUT2D eigenvalue weighted by atomic mass is 16.6. The summed E-state index contributed by atoms with van der Waals surface area (Å²) in [4.78, 5) is 45.0. The van der Waals surface area contributed by atoms with Gasteiger partial charge in [0.2, 0.25) is 11.8 Å². The Morgan fingerprint density at radius 3 is 2.27 bits per heavy atom. The summed E-state index contributed by atoms with van der Waals surface area (Å²) in [5.74, 6) is 0.615. The number of aliphatic hydroxyl groups is 1. The van der Waals surface area contributed by atoms with Crippen molar-refractivity contribution < 1.29 is 29.0 Å². The first kappa shape index (κ1) is 38.3. The predicted octanol–water partition coefficient (Wildman–Crippen LogP) is 6.83. The topological polar surface area (TPSA) is 112 Å². The van der Waals surface area contributed by atoms with Crippen LogP contribution in [-0.2, 0) is 32.2 Å². The molecular weight excluding hydrogens is 644 g/mol. The van der Waals surface area contributed by atoms with Crippen LogP contribution in [0.2, 0.25) is 0 Å². The van der Waals surface area contributed by atoms with Gasteiger partial charge in [0.05, 0.1) is 36.0 Å². The van der Waals surface area contributed by atoms with Crippen molar-refractivity contribution in [2.45, 2.75) is 123 Å². The maximum Gasteiger partial charge on any atom is 0.408 e. The molecule has 2 heterocycles. The fourth-order valence-corrected chi connectivity index (χ4v) is 7.14. The molecule has 5 rings (SSSR count). The van der Waals surface area contributed by atoms with E-state index in [1.807, 2.05) is 76.5 Å². The van der Waals surface area contributed by atoms with Crippen LogP contribution in [0.15, 0.2) is 48.5 Å². The minimum absolute atomic E-state index is 0.0144. The minimum Gasteiger partial charge on any atom is -0.444 e. The number of hydrogen-bond acceptors (Lipinski definition) is 7. The Bertz CT molecular complexity index is 1620. The second-order valence-corrected chi connectivity index (χ2v) is 16.7. The lowest BCUT2D eigenvalue weighted by Crippen LogP contribution is -2.52. The summed E-state index contributed by atoms with van der Waals surface area (Å²) in [6.45, 7) is 17.8. The van der Waals surface area contributed by atoms with Crippen LogP contribution in [-0.4, -0.2) is 76.9 Å². The van der Waals surface area contributed by atoms with Gasteiger partial charge in [0.1, 0.15) is 5.60 Å². The van der Waals surface area contributed by atoms with Crippen LogP contribution in [0.25, 0.3) is 5.57 Å². The zero-order valence-corrected chi connectivity index (χ0v) is 31.9. The SMILES string of the molecule is CC(=O)N1c2ccc(C3=CCN(C(=O)CC(C)(C)OCCC(C)(C)NC(=O)OC(C)(C)C)CC3)cc2N(Cc2ccccc2CO)C[C@@H]1C1CC1. The lowest BCUT2D eigenvalue weighted by Gasteiger charge is -2.44. The number of nitrogens with zero attached hydrogens (tertiary/aromatic N) is 3. The Labute approximate surface area is 304 Å². The van der Waals surface area contributed by atoms with E-state index < -0.39 is 22.8 Å². The van der Waals surface area contributed by atoms with E-state index in [2.05, 4.69) is 40.6 Å². The smallest absolute Gasteiger partial charge is 0.408 e. The molecule has 3 amide bonds. The summed E-state index contributed by atoms with van der Waals surface area (Å²) in [7, 11) is 0. The maximum absolute atomic E-state index is 13.4. The summed E-state index contributed by atoms with van der Waals surface area (Å²) < 4.78 is 11.6. The van der Waals surface area contributed by atoms with E-state index in [0.29, 0.717) is 38.6 Å². The van der Waals surface area contributed by atoms with E-state index in [-0.39, 0.29) is 30.9 Å². The molecule has 1 aliphatic carbocycles. The fourth-order valence-electron chi connectivity index (χ4n) is 7.14. The van der Waals surface area contributed by atoms with Crippen molar-refractivity contribution in [3.8, 4) is 0 Å². The Hall–Kier alpha value is -3.89. The molecule has 1 atom stereocenters. The van der Waals surface area contributed by atoms with Gasteiger partial charge in [-0.15, -0.1) is 0 Å². The molecule has 0 aromatic heterocycles. The van der Waals surface area contributed by atoms with E-state index in [9.17, 15) is 19.5 Å². The van der Waals surface area contributed by atoms with Crippen LogP contribution in [0.4, 0.5) is 16.2 Å². The number of carbonyl (C=O) groups is 3. The van der Waals surface area contributed by atoms with Gasteiger partial charge in [0, 0.05) is 45.2 Å². The molecule has 3 aliphatic rings. The molecule has 10 nitrogen and oxygen atoms in total. The number of anilines is 2. The second kappa shape index (κ2) is 15.4. The molecule has 278 valence electrons. The predicted molar refractivity (Wildman–Crippen MR) is 201 cm³/mol. The summed E-state index contributed by atoms with van der Waals surface area (Å²) >= 11 is 0. The van der Waals surface area contributed by atoms with Crippen molar-refractivity contribution in [2.75, 3.05) is 36.0 Å². The highest BCUT2D eigenvalue weighted by Gasteiger charge is 2.42. The number of hydrogen-bond donors (Lipinski definition) is 2. The average molecular weight is 703 g/mol. The van der Waals surface area contributed by atoms with Gasteiger partial charge in [0.15, 0.2) is 0 Å². The van der Waals surface area contributed by atoms with Crippen LogP contribution in [0.5, 0.6) is 0 Å². The van der Waals surface area contributed by atoms with Crippen molar-refractivity contribution >= 4 is 34.9 Å². The molecule has 51 heavy (non-hydrogen) atoms. The molecule has 2 aliphatic heterocycles. The quantitative estimate of drug-likeness (QED) is 0.250. The maximum atomic E-state index is 13.4. The third kappa shape index (κ3) is 10.1. The van der Waals surface area contributed by atoms with Crippen molar-refractivity contribution in [1.82, 2.24) is 10.2 Å². The molecule has 1 saturated carbocycles. The van der Waals surface area contributed by atoms with Crippen molar-refractivity contribution in [3.05, 3.63) is 65.2 Å². The van der Waals surface area contributed by atoms with Gasteiger partial charge < -0.3 is 34.6 Å². The van der Waals surface area contributed by atoms with Gasteiger partial charge in [0.25, 0.3) is 0 Å². The molecule has 2 aromatic rings. The number of nitrogens with one attached hydrogen (secondary N) is 1. The first-order valence-electron chi connectivity index (χ1n) is 18.4. The van der Waals surface area contributed by atoms with Gasteiger partial charge in [-0.3, -0.25) is 9.59 Å². The van der Waals surface area contributed by atoms with Gasteiger partial charge in [-0.25, -0.2) is 4.79 Å². The number of ether oxygens (including phenoxy) is 2. The van der Waals surface area contributed by atoms with E-state index in [1.54, 1.807) is 6.92 Å². The Morgan fingerprint density at radius 2 is 1.67 bits per heavy atom. The Kier molecular flexibility index (Phi) is 11.6. The van der Waals surface area contributed by atoms with Gasteiger partial charge >= 0.3 is 6.09 Å². The number of carbonyl (C=O) groups excluding carboxylic acids is 3. The van der Waals surface area contributed by atoms with Crippen LogP contribution in [0, 0.1) is 5.92 Å². The molecular formula is C41H58N4O6. The second-order valence-electron chi connectivity index (χ2n) is 16.7. The minimum atomic E-state index is -0.666. The van der Waals surface area contributed by atoms with Gasteiger partial charge in [-0.1, -0.05) is 36.4 Å². The van der Waals surface area contributed by atoms with Crippen LogP contribution in [0.1, 0.15) is 104 Å². The monoisotopic (exact) mass is 702 g/mol. The van der Waals surface area contributed by atoms with Crippen LogP contribution in [0.3, 0.4) is 0 Å². The van der Waals surface area contributed by atoms with E-state index in [1.165, 1.54) is 5.57 Å².